The fourth-order valence-electron chi connectivity index (χ4n) is 1.87. The van der Waals surface area contributed by atoms with E-state index in [1.165, 1.54) is 0 Å². The molecule has 0 aliphatic carbocycles. The molecular weight excluding hydrogens is 214 g/mol. The first-order chi connectivity index (χ1) is 8.29. The Hall–Kier alpha value is -1.95. The van der Waals surface area contributed by atoms with Gasteiger partial charge in [-0.05, 0) is 12.0 Å². The van der Waals surface area contributed by atoms with Crippen LogP contribution in [0.4, 0.5) is 4.79 Å². The Labute approximate surface area is 101 Å². The fraction of sp³-hybridized carbons (Fsp3) is 0.357. The maximum atomic E-state index is 11.7. The van der Waals surface area contributed by atoms with Crippen LogP contribution in [0, 0.1) is 18.3 Å². The van der Waals surface area contributed by atoms with Crippen LogP contribution in [0.15, 0.2) is 30.3 Å². The van der Waals surface area contributed by atoms with Crippen molar-refractivity contribution in [1.29, 1.82) is 0 Å². The van der Waals surface area contributed by atoms with E-state index in [4.69, 9.17) is 11.2 Å². The number of hydrogen-bond acceptors (Lipinski definition) is 2. The van der Waals surface area contributed by atoms with Crippen molar-refractivity contribution in [3.8, 4) is 12.3 Å². The van der Waals surface area contributed by atoms with E-state index in [0.717, 1.165) is 12.0 Å². The molecule has 1 heterocycles. The first-order valence-electron chi connectivity index (χ1n) is 5.71. The molecule has 1 aromatic carbocycles. The minimum atomic E-state index is -0.272. The van der Waals surface area contributed by atoms with Crippen molar-refractivity contribution in [1.82, 2.24) is 4.90 Å². The number of amides is 1. The number of carbonyl (C=O) groups excluding carboxylic acids is 1. The van der Waals surface area contributed by atoms with Crippen LogP contribution in [0.2, 0.25) is 0 Å². The first-order valence-corrected chi connectivity index (χ1v) is 5.71. The van der Waals surface area contributed by atoms with E-state index in [1.807, 2.05) is 30.3 Å². The molecule has 17 heavy (non-hydrogen) atoms. The van der Waals surface area contributed by atoms with E-state index in [-0.39, 0.29) is 12.0 Å². The summed E-state index contributed by atoms with van der Waals surface area (Å²) >= 11 is 0. The van der Waals surface area contributed by atoms with E-state index in [9.17, 15) is 4.79 Å². The summed E-state index contributed by atoms with van der Waals surface area (Å²) in [6.07, 6.45) is 5.93. The molecule has 1 aliphatic heterocycles. The molecule has 3 nitrogen and oxygen atoms in total. The molecule has 0 N–H and O–H groups in total. The Kier molecular flexibility index (Phi) is 3.66. The van der Waals surface area contributed by atoms with Crippen LogP contribution in [-0.4, -0.2) is 24.1 Å². The molecule has 0 aromatic heterocycles. The smallest absolute Gasteiger partial charge is 0.410 e. The molecule has 0 spiro atoms. The van der Waals surface area contributed by atoms with Gasteiger partial charge in [0.25, 0.3) is 0 Å². The summed E-state index contributed by atoms with van der Waals surface area (Å²) in [4.78, 5) is 13.4. The number of terminal acetylenes is 1. The SMILES string of the molecule is C#CC1CCN(C(=O)OCc2ccccc2)C1. The molecule has 1 unspecified atom stereocenters. The average molecular weight is 229 g/mol. The standard InChI is InChI=1S/C14H15NO2/c1-2-12-8-9-15(10-12)14(16)17-11-13-6-4-3-5-7-13/h1,3-7,12H,8-11H2. The summed E-state index contributed by atoms with van der Waals surface area (Å²) < 4.78 is 5.22. The molecule has 1 atom stereocenters. The number of rotatable bonds is 2. The highest BCUT2D eigenvalue weighted by molar-refractivity contribution is 5.68. The second-order valence-corrected chi connectivity index (χ2v) is 4.14. The predicted molar refractivity (Wildman–Crippen MR) is 65.1 cm³/mol. The van der Waals surface area contributed by atoms with Crippen molar-refractivity contribution >= 4 is 6.09 Å². The third-order valence-electron chi connectivity index (χ3n) is 2.89. The van der Waals surface area contributed by atoms with Crippen LogP contribution in [0.25, 0.3) is 0 Å². The Morgan fingerprint density at radius 3 is 2.88 bits per heavy atom. The molecule has 1 amide bonds. The molecule has 1 fully saturated rings. The Morgan fingerprint density at radius 2 is 2.24 bits per heavy atom. The maximum Gasteiger partial charge on any atom is 0.410 e. The third-order valence-corrected chi connectivity index (χ3v) is 2.89. The molecule has 2 rings (SSSR count). The predicted octanol–water partition coefficient (Wildman–Crippen LogP) is 2.28. The van der Waals surface area contributed by atoms with Gasteiger partial charge in [-0.25, -0.2) is 4.79 Å². The van der Waals surface area contributed by atoms with Crippen LogP contribution in [0.1, 0.15) is 12.0 Å². The van der Waals surface area contributed by atoms with Gasteiger partial charge in [0.05, 0.1) is 0 Å². The highest BCUT2D eigenvalue weighted by Gasteiger charge is 2.25. The summed E-state index contributed by atoms with van der Waals surface area (Å²) in [5.41, 5.74) is 0.994. The van der Waals surface area contributed by atoms with Crippen LogP contribution in [0.5, 0.6) is 0 Å². The number of ether oxygens (including phenoxy) is 1. The van der Waals surface area contributed by atoms with Gasteiger partial charge in [0.2, 0.25) is 0 Å². The van der Waals surface area contributed by atoms with Crippen molar-refractivity contribution in [3.63, 3.8) is 0 Å². The Bertz CT molecular complexity index is 422. The number of hydrogen-bond donors (Lipinski definition) is 0. The van der Waals surface area contributed by atoms with Crippen molar-refractivity contribution in [2.45, 2.75) is 13.0 Å². The number of nitrogens with zero attached hydrogens (tertiary/aromatic N) is 1. The number of benzene rings is 1. The highest BCUT2D eigenvalue weighted by atomic mass is 16.6. The van der Waals surface area contributed by atoms with Crippen molar-refractivity contribution in [2.24, 2.45) is 5.92 Å². The van der Waals surface area contributed by atoms with Gasteiger partial charge in [-0.15, -0.1) is 12.3 Å². The van der Waals surface area contributed by atoms with Crippen LogP contribution < -0.4 is 0 Å². The lowest BCUT2D eigenvalue weighted by molar-refractivity contribution is 0.104. The molecule has 0 bridgehead atoms. The largest absolute Gasteiger partial charge is 0.445 e. The van der Waals surface area contributed by atoms with E-state index in [1.54, 1.807) is 4.90 Å². The van der Waals surface area contributed by atoms with E-state index >= 15 is 0 Å². The van der Waals surface area contributed by atoms with Gasteiger partial charge in [0.15, 0.2) is 0 Å². The average Bonchev–Trinajstić information content (AvgIpc) is 2.86. The molecule has 1 aromatic rings. The van der Waals surface area contributed by atoms with Crippen LogP contribution in [-0.2, 0) is 11.3 Å². The Morgan fingerprint density at radius 1 is 1.47 bits per heavy atom. The summed E-state index contributed by atoms with van der Waals surface area (Å²) in [5.74, 6) is 2.85. The molecule has 1 saturated heterocycles. The van der Waals surface area contributed by atoms with E-state index in [0.29, 0.717) is 19.7 Å². The summed E-state index contributed by atoms with van der Waals surface area (Å²) in [5, 5.41) is 0. The van der Waals surface area contributed by atoms with Gasteiger partial charge >= 0.3 is 6.09 Å². The lowest BCUT2D eigenvalue weighted by Gasteiger charge is -2.15. The zero-order valence-corrected chi connectivity index (χ0v) is 9.63. The van der Waals surface area contributed by atoms with Crippen LogP contribution >= 0.6 is 0 Å². The quantitative estimate of drug-likeness (QED) is 0.728. The first kappa shape index (κ1) is 11.5. The van der Waals surface area contributed by atoms with Gasteiger partial charge in [-0.2, -0.15) is 0 Å². The second-order valence-electron chi connectivity index (χ2n) is 4.14. The molecule has 3 heteroatoms. The minimum Gasteiger partial charge on any atom is -0.445 e. The molecule has 0 saturated carbocycles. The zero-order chi connectivity index (χ0) is 12.1. The van der Waals surface area contributed by atoms with Crippen LogP contribution in [0.3, 0.4) is 0 Å². The van der Waals surface area contributed by atoms with Gasteiger partial charge in [0, 0.05) is 19.0 Å². The maximum absolute atomic E-state index is 11.7. The van der Waals surface area contributed by atoms with Gasteiger partial charge in [0.1, 0.15) is 6.61 Å². The highest BCUT2D eigenvalue weighted by Crippen LogP contribution is 2.16. The van der Waals surface area contributed by atoms with Crippen molar-refractivity contribution < 1.29 is 9.53 Å². The fourth-order valence-corrected chi connectivity index (χ4v) is 1.87. The summed E-state index contributed by atoms with van der Waals surface area (Å²) in [7, 11) is 0. The monoisotopic (exact) mass is 229 g/mol. The topological polar surface area (TPSA) is 29.5 Å². The molecule has 88 valence electrons. The van der Waals surface area contributed by atoms with E-state index in [2.05, 4.69) is 5.92 Å². The number of carbonyl (C=O) groups is 1. The zero-order valence-electron chi connectivity index (χ0n) is 9.63. The number of likely N-dealkylation sites (tertiary alicyclic amines) is 1. The molecular formula is C14H15NO2. The van der Waals surface area contributed by atoms with Gasteiger partial charge in [-0.3, -0.25) is 0 Å². The lowest BCUT2D eigenvalue weighted by Crippen LogP contribution is -2.29. The molecule has 1 aliphatic rings. The van der Waals surface area contributed by atoms with E-state index < -0.39 is 0 Å². The molecule has 0 radical (unpaired) electrons. The normalized spacial score (nSPS) is 18.8. The Balaban J connectivity index is 1.81. The second kappa shape index (κ2) is 5.40. The summed E-state index contributed by atoms with van der Waals surface area (Å²) in [6.45, 7) is 1.63. The van der Waals surface area contributed by atoms with Gasteiger partial charge < -0.3 is 9.64 Å². The summed E-state index contributed by atoms with van der Waals surface area (Å²) in [6, 6.07) is 9.65. The minimum absolute atomic E-state index is 0.180. The third kappa shape index (κ3) is 3.01. The van der Waals surface area contributed by atoms with Crippen molar-refractivity contribution in [3.05, 3.63) is 35.9 Å². The van der Waals surface area contributed by atoms with Crippen molar-refractivity contribution in [2.75, 3.05) is 13.1 Å². The van der Waals surface area contributed by atoms with Gasteiger partial charge in [-0.1, -0.05) is 30.3 Å². The lowest BCUT2D eigenvalue weighted by atomic mass is 10.1.